The molecule has 0 unspecified atom stereocenters. The molecule has 0 atom stereocenters. The van der Waals surface area contributed by atoms with E-state index in [1.165, 1.54) is 0 Å². The van der Waals surface area contributed by atoms with Gasteiger partial charge in [0.05, 0.1) is 12.2 Å². The number of hydrogen-bond donors (Lipinski definition) is 1. The highest BCUT2D eigenvalue weighted by Gasteiger charge is 2.08. The first-order valence-electron chi connectivity index (χ1n) is 4.36. The molecule has 0 aromatic heterocycles. The fraction of sp³-hybridized carbons (Fsp3) is 0.300. The largest absolute Gasteiger partial charge is 0.460 e. The monoisotopic (exact) mass is 273 g/mol. The van der Waals surface area contributed by atoms with Crippen molar-refractivity contribution in [1.82, 2.24) is 0 Å². The lowest BCUT2D eigenvalue weighted by Crippen LogP contribution is -2.10. The van der Waals surface area contributed by atoms with Crippen molar-refractivity contribution >= 4 is 27.6 Å². The van der Waals surface area contributed by atoms with Crippen LogP contribution in [0.25, 0.3) is 0 Å². The molecule has 0 amide bonds. The van der Waals surface area contributed by atoms with Crippen molar-refractivity contribution in [2.75, 3.05) is 26.1 Å². The predicted octanol–water partition coefficient (Wildman–Crippen LogP) is 1.83. The minimum Gasteiger partial charge on any atom is -0.460 e. The van der Waals surface area contributed by atoms with Crippen molar-refractivity contribution in [3.63, 3.8) is 0 Å². The highest BCUT2D eigenvalue weighted by molar-refractivity contribution is 9.10. The summed E-state index contributed by atoms with van der Waals surface area (Å²) in [4.78, 5) is 11.4. The van der Waals surface area contributed by atoms with Gasteiger partial charge in [0.25, 0.3) is 0 Å². The Morgan fingerprint density at radius 2 is 2.20 bits per heavy atom. The van der Waals surface area contributed by atoms with Gasteiger partial charge in [-0.15, -0.1) is 0 Å². The van der Waals surface area contributed by atoms with Crippen LogP contribution in [0.1, 0.15) is 10.4 Å². The molecular weight excluding hydrogens is 262 g/mol. The molecule has 1 rings (SSSR count). The second-order valence-corrected chi connectivity index (χ2v) is 3.72. The zero-order chi connectivity index (χ0) is 11.3. The minimum absolute atomic E-state index is 0.247. The summed E-state index contributed by atoms with van der Waals surface area (Å²) < 4.78 is 10.4. The van der Waals surface area contributed by atoms with Crippen LogP contribution in [-0.4, -0.2) is 26.3 Å². The average Bonchev–Trinajstić information content (AvgIpc) is 2.22. The van der Waals surface area contributed by atoms with E-state index in [1.807, 2.05) is 0 Å². The van der Waals surface area contributed by atoms with E-state index in [-0.39, 0.29) is 12.6 Å². The molecule has 2 N–H and O–H groups in total. The molecule has 1 aromatic rings. The standard InChI is InChI=1S/C10H12BrNO3/c1-14-4-5-15-10(13)7-2-3-9(12)8(11)6-7/h2-3,6H,4-5,12H2,1H3. The number of carbonyl (C=O) groups is 1. The summed E-state index contributed by atoms with van der Waals surface area (Å²) in [5, 5.41) is 0. The lowest BCUT2D eigenvalue weighted by atomic mass is 10.2. The summed E-state index contributed by atoms with van der Waals surface area (Å²) in [7, 11) is 1.55. The molecule has 0 aliphatic carbocycles. The Hall–Kier alpha value is -1.07. The average molecular weight is 274 g/mol. The Kier molecular flexibility index (Phi) is 4.58. The van der Waals surface area contributed by atoms with Gasteiger partial charge in [0, 0.05) is 17.3 Å². The van der Waals surface area contributed by atoms with Crippen LogP contribution in [0, 0.1) is 0 Å². The zero-order valence-electron chi connectivity index (χ0n) is 8.33. The number of carbonyl (C=O) groups excluding carboxylic acids is 1. The van der Waals surface area contributed by atoms with E-state index >= 15 is 0 Å². The van der Waals surface area contributed by atoms with Crippen molar-refractivity contribution in [3.8, 4) is 0 Å². The maximum absolute atomic E-state index is 11.4. The molecule has 4 nitrogen and oxygen atoms in total. The summed E-state index contributed by atoms with van der Waals surface area (Å²) in [6.45, 7) is 0.638. The first-order valence-corrected chi connectivity index (χ1v) is 5.15. The third-order valence-electron chi connectivity index (χ3n) is 1.76. The maximum Gasteiger partial charge on any atom is 0.338 e. The van der Waals surface area contributed by atoms with E-state index in [0.717, 1.165) is 0 Å². The molecular formula is C10H12BrNO3. The number of benzene rings is 1. The van der Waals surface area contributed by atoms with Gasteiger partial charge in [-0.25, -0.2) is 4.79 Å². The molecule has 1 aromatic carbocycles. The van der Waals surface area contributed by atoms with Crippen LogP contribution in [-0.2, 0) is 9.47 Å². The number of hydrogen-bond acceptors (Lipinski definition) is 4. The van der Waals surface area contributed by atoms with Crippen LogP contribution in [0.5, 0.6) is 0 Å². The Bertz CT molecular complexity index is 355. The first-order chi connectivity index (χ1) is 7.15. The maximum atomic E-state index is 11.4. The molecule has 5 heteroatoms. The highest BCUT2D eigenvalue weighted by Crippen LogP contribution is 2.20. The number of nitrogen functional groups attached to an aromatic ring is 1. The number of rotatable bonds is 4. The summed E-state index contributed by atoms with van der Waals surface area (Å²) in [6.07, 6.45) is 0. The van der Waals surface area contributed by atoms with Crippen LogP contribution >= 0.6 is 15.9 Å². The third kappa shape index (κ3) is 3.53. The van der Waals surface area contributed by atoms with Crippen molar-refractivity contribution in [3.05, 3.63) is 28.2 Å². The number of esters is 1. The van der Waals surface area contributed by atoms with E-state index in [0.29, 0.717) is 22.3 Å². The quantitative estimate of drug-likeness (QED) is 0.517. The van der Waals surface area contributed by atoms with E-state index in [1.54, 1.807) is 25.3 Å². The number of methoxy groups -OCH3 is 1. The Morgan fingerprint density at radius 1 is 1.47 bits per heavy atom. The van der Waals surface area contributed by atoms with Gasteiger partial charge in [0.15, 0.2) is 0 Å². The van der Waals surface area contributed by atoms with Gasteiger partial charge in [-0.1, -0.05) is 0 Å². The third-order valence-corrected chi connectivity index (χ3v) is 2.44. The van der Waals surface area contributed by atoms with Gasteiger partial charge in [0.2, 0.25) is 0 Å². The molecule has 82 valence electrons. The van der Waals surface area contributed by atoms with E-state index in [2.05, 4.69) is 15.9 Å². The topological polar surface area (TPSA) is 61.5 Å². The molecule has 0 spiro atoms. The van der Waals surface area contributed by atoms with E-state index in [4.69, 9.17) is 15.2 Å². The van der Waals surface area contributed by atoms with Crippen LogP contribution in [0.15, 0.2) is 22.7 Å². The predicted molar refractivity (Wildman–Crippen MR) is 60.7 cm³/mol. The van der Waals surface area contributed by atoms with Gasteiger partial charge in [0.1, 0.15) is 6.61 Å². The van der Waals surface area contributed by atoms with Gasteiger partial charge >= 0.3 is 5.97 Å². The van der Waals surface area contributed by atoms with Crippen LogP contribution in [0.3, 0.4) is 0 Å². The first kappa shape index (κ1) is 12.0. The SMILES string of the molecule is COCCOC(=O)c1ccc(N)c(Br)c1. The van der Waals surface area contributed by atoms with Crippen LogP contribution in [0.4, 0.5) is 5.69 Å². The van der Waals surface area contributed by atoms with Gasteiger partial charge in [-0.3, -0.25) is 0 Å². The summed E-state index contributed by atoms with van der Waals surface area (Å²) in [5.74, 6) is -0.382. The fourth-order valence-electron chi connectivity index (χ4n) is 0.955. The highest BCUT2D eigenvalue weighted by atomic mass is 79.9. The van der Waals surface area contributed by atoms with Crippen LogP contribution in [0.2, 0.25) is 0 Å². The molecule has 0 radical (unpaired) electrons. The minimum atomic E-state index is -0.382. The van der Waals surface area contributed by atoms with Crippen LogP contribution < -0.4 is 5.73 Å². The second kappa shape index (κ2) is 5.72. The van der Waals surface area contributed by atoms with E-state index < -0.39 is 0 Å². The second-order valence-electron chi connectivity index (χ2n) is 2.87. The van der Waals surface area contributed by atoms with Crippen molar-refractivity contribution in [2.45, 2.75) is 0 Å². The lowest BCUT2D eigenvalue weighted by molar-refractivity contribution is 0.0388. The Morgan fingerprint density at radius 3 is 2.80 bits per heavy atom. The fourth-order valence-corrected chi connectivity index (χ4v) is 1.33. The zero-order valence-corrected chi connectivity index (χ0v) is 9.91. The molecule has 0 saturated carbocycles. The summed E-state index contributed by atoms with van der Waals surface area (Å²) in [6, 6.07) is 4.90. The Balaban J connectivity index is 2.62. The molecule has 15 heavy (non-hydrogen) atoms. The summed E-state index contributed by atoms with van der Waals surface area (Å²) >= 11 is 3.24. The smallest absolute Gasteiger partial charge is 0.338 e. The van der Waals surface area contributed by atoms with Gasteiger partial charge in [-0.05, 0) is 34.1 Å². The number of ether oxygens (including phenoxy) is 2. The van der Waals surface area contributed by atoms with Crippen molar-refractivity contribution < 1.29 is 14.3 Å². The molecule has 0 bridgehead atoms. The normalized spacial score (nSPS) is 10.0. The molecule has 0 fully saturated rings. The molecule has 0 aliphatic heterocycles. The number of nitrogens with two attached hydrogens (primary N) is 1. The van der Waals surface area contributed by atoms with Crippen molar-refractivity contribution in [2.24, 2.45) is 0 Å². The lowest BCUT2D eigenvalue weighted by Gasteiger charge is -2.05. The molecule has 0 saturated heterocycles. The summed E-state index contributed by atoms with van der Waals surface area (Å²) in [5.41, 5.74) is 6.64. The number of halogens is 1. The van der Waals surface area contributed by atoms with E-state index in [9.17, 15) is 4.79 Å². The number of anilines is 1. The van der Waals surface area contributed by atoms with Crippen molar-refractivity contribution in [1.29, 1.82) is 0 Å². The van der Waals surface area contributed by atoms with Gasteiger partial charge < -0.3 is 15.2 Å². The molecule has 0 heterocycles. The molecule has 0 aliphatic rings. The Labute approximate surface area is 96.5 Å². The van der Waals surface area contributed by atoms with Gasteiger partial charge in [-0.2, -0.15) is 0 Å².